The summed E-state index contributed by atoms with van der Waals surface area (Å²) in [5.41, 5.74) is 0.480. The van der Waals surface area contributed by atoms with Crippen molar-refractivity contribution in [1.82, 2.24) is 0 Å². The number of amides is 1. The zero-order valence-corrected chi connectivity index (χ0v) is 14.2. The van der Waals surface area contributed by atoms with Crippen molar-refractivity contribution in [3.8, 4) is 5.75 Å². The van der Waals surface area contributed by atoms with E-state index in [4.69, 9.17) is 4.74 Å². The van der Waals surface area contributed by atoms with Crippen LogP contribution in [0.25, 0.3) is 0 Å². The number of benzene rings is 1. The first-order valence-electron chi connectivity index (χ1n) is 6.43. The average molecular weight is 433 g/mol. The maximum absolute atomic E-state index is 12.5. The minimum atomic E-state index is -1.07. The van der Waals surface area contributed by atoms with Crippen LogP contribution >= 0.6 is 31.9 Å². The molecule has 0 aliphatic carbocycles. The molecule has 0 spiro atoms. The van der Waals surface area contributed by atoms with Gasteiger partial charge in [0.25, 0.3) is 0 Å². The number of carboxylic acid groups (broad SMARTS) is 1. The normalized spacial score (nSPS) is 29.7. The van der Waals surface area contributed by atoms with Gasteiger partial charge in [-0.1, -0.05) is 31.9 Å². The number of hydrogen-bond acceptors (Lipinski definition) is 4. The van der Waals surface area contributed by atoms with Crippen molar-refractivity contribution in [3.63, 3.8) is 0 Å². The highest BCUT2D eigenvalue weighted by molar-refractivity contribution is 9.14. The number of carbonyl (C=O) groups excluding carboxylic acids is 1. The lowest BCUT2D eigenvalue weighted by molar-refractivity contribution is -0.146. The molecule has 0 saturated carbocycles. The molecule has 2 aliphatic rings. The molecular weight excluding hydrogens is 422 g/mol. The second-order valence-electron chi connectivity index (χ2n) is 5.10. The molecule has 22 heavy (non-hydrogen) atoms. The van der Waals surface area contributed by atoms with Gasteiger partial charge in [-0.25, -0.2) is 0 Å². The Kier molecular flexibility index (Phi) is 4.00. The molecule has 1 amide bonds. The van der Waals surface area contributed by atoms with Gasteiger partial charge in [0.15, 0.2) is 0 Å². The van der Waals surface area contributed by atoms with E-state index in [0.717, 1.165) is 0 Å². The third-order valence-corrected chi connectivity index (χ3v) is 6.07. The molecule has 1 fully saturated rings. The third kappa shape index (κ3) is 2.45. The Hall–Kier alpha value is -1.38. The molecule has 1 saturated heterocycles. The number of ether oxygens (including phenoxy) is 1. The molecule has 0 radical (unpaired) electrons. The van der Waals surface area contributed by atoms with Crippen molar-refractivity contribution < 1.29 is 24.5 Å². The first-order valence-corrected chi connectivity index (χ1v) is 8.02. The smallest absolute Gasteiger partial charge is 0.310 e. The number of phenols is 1. The lowest BCUT2D eigenvalue weighted by Gasteiger charge is -2.24. The molecule has 0 aromatic heterocycles. The summed E-state index contributed by atoms with van der Waals surface area (Å²) in [5.74, 6) is -3.19. The number of carbonyl (C=O) groups is 2. The predicted molar refractivity (Wildman–Crippen MR) is 84.9 cm³/mol. The summed E-state index contributed by atoms with van der Waals surface area (Å²) in [5, 5.41) is 21.3. The summed E-state index contributed by atoms with van der Waals surface area (Å²) in [7, 11) is 0. The van der Waals surface area contributed by atoms with E-state index >= 15 is 0 Å². The van der Waals surface area contributed by atoms with Crippen LogP contribution in [0.3, 0.4) is 0 Å². The number of halogens is 2. The average Bonchev–Trinajstić information content (AvgIpc) is 2.99. The van der Waals surface area contributed by atoms with Crippen molar-refractivity contribution in [3.05, 3.63) is 33.2 Å². The van der Waals surface area contributed by atoms with Crippen LogP contribution < -0.4 is 5.32 Å². The standard InChI is InChI=1S/C14H11Br2NO5/c15-9-10(16)12-8(14(20)21)7(11(9)22-12)13(19)17-5-1-3-6(18)4-2-5/h1-4,7-8,11-12,18H,(H,17,19)(H,20,21)/t7-,8-,11-,12-/m1/s1. The Balaban J connectivity index is 1.85. The number of aliphatic carboxylic acids is 1. The fourth-order valence-electron chi connectivity index (χ4n) is 2.76. The van der Waals surface area contributed by atoms with Crippen LogP contribution in [0.5, 0.6) is 5.75 Å². The maximum atomic E-state index is 12.5. The quantitative estimate of drug-likeness (QED) is 0.637. The Morgan fingerprint density at radius 3 is 2.14 bits per heavy atom. The van der Waals surface area contributed by atoms with Crippen LogP contribution in [0.15, 0.2) is 33.2 Å². The van der Waals surface area contributed by atoms with Crippen LogP contribution in [0, 0.1) is 11.8 Å². The molecule has 2 bridgehead atoms. The molecule has 2 aliphatic heterocycles. The highest BCUT2D eigenvalue weighted by atomic mass is 79.9. The molecule has 3 rings (SSSR count). The van der Waals surface area contributed by atoms with E-state index in [0.29, 0.717) is 14.7 Å². The summed E-state index contributed by atoms with van der Waals surface area (Å²) in [6.45, 7) is 0. The number of rotatable bonds is 3. The molecule has 0 unspecified atom stereocenters. The number of aromatic hydroxyl groups is 1. The Labute approximate surface area is 142 Å². The molecule has 116 valence electrons. The van der Waals surface area contributed by atoms with E-state index in [1.54, 1.807) is 0 Å². The van der Waals surface area contributed by atoms with E-state index in [9.17, 15) is 19.8 Å². The molecule has 6 nitrogen and oxygen atoms in total. The van der Waals surface area contributed by atoms with Crippen molar-refractivity contribution in [2.24, 2.45) is 11.8 Å². The van der Waals surface area contributed by atoms with Gasteiger partial charge >= 0.3 is 5.97 Å². The number of fused-ring (bicyclic) bond motifs is 2. The van der Waals surface area contributed by atoms with E-state index in [2.05, 4.69) is 37.2 Å². The topological polar surface area (TPSA) is 95.9 Å². The van der Waals surface area contributed by atoms with Gasteiger partial charge in [-0.3, -0.25) is 9.59 Å². The minimum absolute atomic E-state index is 0.0827. The summed E-state index contributed by atoms with van der Waals surface area (Å²) >= 11 is 6.65. The second-order valence-corrected chi connectivity index (χ2v) is 6.81. The van der Waals surface area contributed by atoms with Crippen molar-refractivity contribution in [2.75, 3.05) is 5.32 Å². The van der Waals surface area contributed by atoms with Crippen LogP contribution in [0.2, 0.25) is 0 Å². The van der Waals surface area contributed by atoms with E-state index < -0.39 is 35.9 Å². The molecule has 1 aromatic rings. The number of hydrogen-bond donors (Lipinski definition) is 3. The van der Waals surface area contributed by atoms with Crippen LogP contribution in [-0.4, -0.2) is 34.3 Å². The second kappa shape index (κ2) is 5.68. The number of nitrogens with one attached hydrogen (secondary N) is 1. The first-order chi connectivity index (χ1) is 10.4. The zero-order valence-electron chi connectivity index (χ0n) is 11.0. The minimum Gasteiger partial charge on any atom is -0.508 e. The van der Waals surface area contributed by atoms with Crippen LogP contribution in [0.1, 0.15) is 0 Å². The lowest BCUT2D eigenvalue weighted by atomic mass is 9.82. The SMILES string of the molecule is O=C(O)[C@@H]1[C@@H](C(=O)Nc2ccc(O)cc2)[C@H]2O[C@H]1C(Br)=C2Br. The predicted octanol–water partition coefficient (Wildman–Crippen LogP) is 2.43. The monoisotopic (exact) mass is 431 g/mol. The van der Waals surface area contributed by atoms with Gasteiger partial charge in [0.2, 0.25) is 5.91 Å². The van der Waals surface area contributed by atoms with Crippen molar-refractivity contribution in [2.45, 2.75) is 12.2 Å². The molecule has 8 heteroatoms. The van der Waals surface area contributed by atoms with E-state index in [-0.39, 0.29) is 5.75 Å². The van der Waals surface area contributed by atoms with Gasteiger partial charge < -0.3 is 20.3 Å². The van der Waals surface area contributed by atoms with Crippen LogP contribution in [0.4, 0.5) is 5.69 Å². The number of anilines is 1. The Bertz CT molecular complexity index is 672. The fourth-order valence-corrected chi connectivity index (χ4v) is 4.00. The van der Waals surface area contributed by atoms with Gasteiger partial charge in [-0.2, -0.15) is 0 Å². The van der Waals surface area contributed by atoms with Gasteiger partial charge in [-0.05, 0) is 24.3 Å². The number of phenolic OH excluding ortho intramolecular Hbond substituents is 1. The van der Waals surface area contributed by atoms with Crippen LogP contribution in [-0.2, 0) is 14.3 Å². The van der Waals surface area contributed by atoms with Gasteiger partial charge in [0.05, 0.1) is 5.92 Å². The fraction of sp³-hybridized carbons (Fsp3) is 0.286. The molecular formula is C14H11Br2NO5. The number of carboxylic acids is 1. The first kappa shape index (κ1) is 15.5. The van der Waals surface area contributed by atoms with E-state index in [1.807, 2.05) is 0 Å². The van der Waals surface area contributed by atoms with Gasteiger partial charge in [0.1, 0.15) is 23.9 Å². The summed E-state index contributed by atoms with van der Waals surface area (Å²) in [4.78, 5) is 24.0. The highest BCUT2D eigenvalue weighted by Gasteiger charge is 2.58. The van der Waals surface area contributed by atoms with Gasteiger partial charge in [0, 0.05) is 14.7 Å². The Morgan fingerprint density at radius 1 is 1.05 bits per heavy atom. The van der Waals surface area contributed by atoms with E-state index in [1.165, 1.54) is 24.3 Å². The zero-order chi connectivity index (χ0) is 16.0. The highest BCUT2D eigenvalue weighted by Crippen LogP contribution is 2.51. The van der Waals surface area contributed by atoms with Gasteiger partial charge in [-0.15, -0.1) is 0 Å². The van der Waals surface area contributed by atoms with Crippen molar-refractivity contribution >= 4 is 49.4 Å². The van der Waals surface area contributed by atoms with Crippen molar-refractivity contribution in [1.29, 1.82) is 0 Å². The summed E-state index contributed by atoms with van der Waals surface area (Å²) in [6.07, 6.45) is -1.27. The largest absolute Gasteiger partial charge is 0.508 e. The summed E-state index contributed by atoms with van der Waals surface area (Å²) < 4.78 is 6.92. The molecule has 2 heterocycles. The Morgan fingerprint density at radius 2 is 1.59 bits per heavy atom. The molecule has 1 aromatic carbocycles. The molecule has 4 atom stereocenters. The summed E-state index contributed by atoms with van der Waals surface area (Å²) in [6, 6.07) is 5.96. The molecule has 3 N–H and O–H groups in total. The lowest BCUT2D eigenvalue weighted by Crippen LogP contribution is -2.40. The third-order valence-electron chi connectivity index (χ3n) is 3.78. The maximum Gasteiger partial charge on any atom is 0.310 e.